The summed E-state index contributed by atoms with van der Waals surface area (Å²) in [7, 11) is -1.49. The van der Waals surface area contributed by atoms with Crippen LogP contribution in [0.15, 0.2) is 23.2 Å². The summed E-state index contributed by atoms with van der Waals surface area (Å²) in [5.74, 6) is 1.73. The zero-order valence-corrected chi connectivity index (χ0v) is 20.5. The summed E-state index contributed by atoms with van der Waals surface area (Å²) >= 11 is 6.27. The molecule has 1 unspecified atom stereocenters. The van der Waals surface area contributed by atoms with Gasteiger partial charge < -0.3 is 15.4 Å². The maximum Gasteiger partial charge on any atom is 0.211 e. The van der Waals surface area contributed by atoms with Crippen molar-refractivity contribution in [1.29, 1.82) is 0 Å². The van der Waals surface area contributed by atoms with Gasteiger partial charge in [-0.15, -0.1) is 24.0 Å². The summed E-state index contributed by atoms with van der Waals surface area (Å²) in [6, 6.07) is 5.67. The molecule has 1 fully saturated rings. The lowest BCUT2D eigenvalue weighted by Crippen LogP contribution is -2.38. The van der Waals surface area contributed by atoms with E-state index in [2.05, 4.69) is 15.6 Å². The number of hydrogen-bond acceptors (Lipinski definition) is 4. The molecule has 1 aliphatic rings. The van der Waals surface area contributed by atoms with Gasteiger partial charge in [0.15, 0.2) is 5.96 Å². The summed E-state index contributed by atoms with van der Waals surface area (Å²) < 4.78 is 29.9. The summed E-state index contributed by atoms with van der Waals surface area (Å²) in [5.41, 5.74) is 1.04. The second kappa shape index (κ2) is 12.0. The van der Waals surface area contributed by atoms with E-state index in [1.54, 1.807) is 7.11 Å². The molecule has 10 heteroatoms. The molecule has 1 aliphatic heterocycles. The maximum atomic E-state index is 11.6. The topological polar surface area (TPSA) is 83.0 Å². The third kappa shape index (κ3) is 7.92. The largest absolute Gasteiger partial charge is 0.497 e. The van der Waals surface area contributed by atoms with Gasteiger partial charge in [-0.25, -0.2) is 12.7 Å². The van der Waals surface area contributed by atoms with Crippen LogP contribution in [0.1, 0.15) is 18.9 Å². The molecule has 1 heterocycles. The molecular formula is C18H30ClIN4O3S. The molecule has 0 amide bonds. The first-order chi connectivity index (χ1) is 12.8. The van der Waals surface area contributed by atoms with Gasteiger partial charge in [0.05, 0.1) is 13.4 Å². The number of guanidine groups is 1. The second-order valence-corrected chi connectivity index (χ2v) is 9.02. The van der Waals surface area contributed by atoms with Crippen LogP contribution in [-0.2, 0) is 16.4 Å². The van der Waals surface area contributed by atoms with Gasteiger partial charge in [0.1, 0.15) is 5.75 Å². The fraction of sp³-hybridized carbons (Fsp3) is 0.611. The van der Waals surface area contributed by atoms with Crippen LogP contribution in [0.3, 0.4) is 0 Å². The van der Waals surface area contributed by atoms with E-state index in [4.69, 9.17) is 16.3 Å². The molecule has 7 nitrogen and oxygen atoms in total. The zero-order valence-electron chi connectivity index (χ0n) is 16.6. The first-order valence-electron chi connectivity index (χ1n) is 9.13. The number of benzene rings is 1. The van der Waals surface area contributed by atoms with Gasteiger partial charge in [0.2, 0.25) is 10.0 Å². The average Bonchev–Trinajstić information content (AvgIpc) is 3.10. The zero-order chi connectivity index (χ0) is 19.9. The Bertz CT molecular complexity index is 761. The highest BCUT2D eigenvalue weighted by molar-refractivity contribution is 14.0. The second-order valence-electron chi connectivity index (χ2n) is 6.63. The van der Waals surface area contributed by atoms with Crippen molar-refractivity contribution in [2.75, 3.05) is 46.1 Å². The van der Waals surface area contributed by atoms with Crippen LogP contribution in [-0.4, -0.2) is 64.8 Å². The lowest BCUT2D eigenvalue weighted by molar-refractivity contribution is 0.414. The molecule has 2 N–H and O–H groups in total. The first-order valence-corrected chi connectivity index (χ1v) is 11.4. The lowest BCUT2D eigenvalue weighted by Gasteiger charge is -2.14. The van der Waals surface area contributed by atoms with Crippen LogP contribution in [0.4, 0.5) is 0 Å². The fourth-order valence-electron chi connectivity index (χ4n) is 2.98. The number of nitrogens with one attached hydrogen (secondary N) is 2. The van der Waals surface area contributed by atoms with E-state index in [0.29, 0.717) is 31.2 Å². The molecule has 0 radical (unpaired) electrons. The Labute approximate surface area is 190 Å². The molecule has 1 aromatic rings. The molecule has 1 atom stereocenters. The predicted molar refractivity (Wildman–Crippen MR) is 126 cm³/mol. The molecular weight excluding hydrogens is 515 g/mol. The van der Waals surface area contributed by atoms with Crippen molar-refractivity contribution < 1.29 is 13.2 Å². The molecule has 28 heavy (non-hydrogen) atoms. The standard InChI is InChI=1S/C18H29ClN4O3S.HI/c1-4-20-18(22-12-14-8-10-23(13-14)27(3,24)25)21-9-7-15-5-6-16(26-2)11-17(15)19;/h5-6,11,14H,4,7-10,12-13H2,1-3H3,(H2,20,21,22);1H. The highest BCUT2D eigenvalue weighted by Crippen LogP contribution is 2.22. The molecule has 1 saturated heterocycles. The van der Waals surface area contributed by atoms with Crippen molar-refractivity contribution in [3.05, 3.63) is 28.8 Å². The van der Waals surface area contributed by atoms with Crippen molar-refractivity contribution in [1.82, 2.24) is 14.9 Å². The molecule has 0 aliphatic carbocycles. The molecule has 1 aromatic carbocycles. The van der Waals surface area contributed by atoms with Crippen molar-refractivity contribution >= 4 is 51.6 Å². The highest BCUT2D eigenvalue weighted by Gasteiger charge is 2.28. The van der Waals surface area contributed by atoms with Crippen molar-refractivity contribution in [3.63, 3.8) is 0 Å². The fourth-order valence-corrected chi connectivity index (χ4v) is 4.17. The third-order valence-electron chi connectivity index (χ3n) is 4.52. The SMILES string of the molecule is CCNC(=NCC1CCN(S(C)(=O)=O)C1)NCCc1ccc(OC)cc1Cl.I. The van der Waals surface area contributed by atoms with E-state index >= 15 is 0 Å². The van der Waals surface area contributed by atoms with Crippen LogP contribution in [0.2, 0.25) is 5.02 Å². The number of halogens is 2. The van der Waals surface area contributed by atoms with Gasteiger partial charge in [0.25, 0.3) is 0 Å². The third-order valence-corrected chi connectivity index (χ3v) is 6.14. The number of aliphatic imine (C=N–C) groups is 1. The van der Waals surface area contributed by atoms with E-state index in [9.17, 15) is 8.42 Å². The number of sulfonamides is 1. The quantitative estimate of drug-likeness (QED) is 0.298. The van der Waals surface area contributed by atoms with E-state index in [0.717, 1.165) is 36.7 Å². The van der Waals surface area contributed by atoms with Gasteiger partial charge in [-0.05, 0) is 43.4 Å². The molecule has 0 aromatic heterocycles. The highest BCUT2D eigenvalue weighted by atomic mass is 127. The number of nitrogens with zero attached hydrogens (tertiary/aromatic N) is 2. The Morgan fingerprint density at radius 2 is 2.14 bits per heavy atom. The van der Waals surface area contributed by atoms with E-state index in [1.807, 2.05) is 25.1 Å². The Morgan fingerprint density at radius 1 is 1.39 bits per heavy atom. The molecule has 0 bridgehead atoms. The van der Waals surface area contributed by atoms with Crippen LogP contribution in [0.25, 0.3) is 0 Å². The van der Waals surface area contributed by atoms with Crippen molar-refractivity contribution in [3.8, 4) is 5.75 Å². The number of rotatable bonds is 8. The van der Waals surface area contributed by atoms with Gasteiger partial charge in [-0.3, -0.25) is 4.99 Å². The number of ether oxygens (including phenoxy) is 1. The Morgan fingerprint density at radius 3 is 2.71 bits per heavy atom. The summed E-state index contributed by atoms with van der Waals surface area (Å²) in [6.45, 7) is 5.19. The van der Waals surface area contributed by atoms with E-state index in [1.165, 1.54) is 10.6 Å². The monoisotopic (exact) mass is 544 g/mol. The molecule has 0 saturated carbocycles. The summed E-state index contributed by atoms with van der Waals surface area (Å²) in [6.07, 6.45) is 2.87. The predicted octanol–water partition coefficient (Wildman–Crippen LogP) is 2.35. The minimum atomic E-state index is -3.11. The van der Waals surface area contributed by atoms with Gasteiger partial charge in [0, 0.05) is 37.7 Å². The van der Waals surface area contributed by atoms with Crippen LogP contribution in [0.5, 0.6) is 5.75 Å². The number of methoxy groups -OCH3 is 1. The maximum absolute atomic E-state index is 11.6. The normalized spacial score (nSPS) is 17.9. The van der Waals surface area contributed by atoms with Crippen molar-refractivity contribution in [2.45, 2.75) is 19.8 Å². The summed E-state index contributed by atoms with van der Waals surface area (Å²) in [5, 5.41) is 7.21. The minimum Gasteiger partial charge on any atom is -0.497 e. The van der Waals surface area contributed by atoms with Crippen LogP contribution >= 0.6 is 35.6 Å². The van der Waals surface area contributed by atoms with E-state index < -0.39 is 10.0 Å². The molecule has 0 spiro atoms. The van der Waals surface area contributed by atoms with Crippen LogP contribution < -0.4 is 15.4 Å². The van der Waals surface area contributed by atoms with E-state index in [-0.39, 0.29) is 29.9 Å². The van der Waals surface area contributed by atoms with Crippen molar-refractivity contribution in [2.24, 2.45) is 10.9 Å². The Kier molecular flexibility index (Phi) is 10.9. The molecule has 2 rings (SSSR count). The lowest BCUT2D eigenvalue weighted by atomic mass is 10.1. The Balaban J connectivity index is 0.00000392. The number of hydrogen-bond donors (Lipinski definition) is 2. The molecule has 160 valence electrons. The minimum absolute atomic E-state index is 0. The van der Waals surface area contributed by atoms with Gasteiger partial charge in [-0.2, -0.15) is 0 Å². The van der Waals surface area contributed by atoms with Gasteiger partial charge in [-0.1, -0.05) is 17.7 Å². The smallest absolute Gasteiger partial charge is 0.211 e. The first kappa shape index (κ1) is 25.3. The average molecular weight is 545 g/mol. The summed E-state index contributed by atoms with van der Waals surface area (Å²) in [4.78, 5) is 4.61. The Hall–Kier alpha value is -0.780. The van der Waals surface area contributed by atoms with Gasteiger partial charge >= 0.3 is 0 Å². The van der Waals surface area contributed by atoms with Crippen LogP contribution in [0, 0.1) is 5.92 Å².